The molecule has 0 saturated heterocycles. The van der Waals surface area contributed by atoms with E-state index in [4.69, 9.17) is 0 Å². The number of hydrogen-bond donors (Lipinski definition) is 1. The van der Waals surface area contributed by atoms with Crippen molar-refractivity contribution in [3.63, 3.8) is 0 Å². The minimum Gasteiger partial charge on any atom is -0.377 e. The predicted octanol–water partition coefficient (Wildman–Crippen LogP) is 5.01. The molecule has 4 nitrogen and oxygen atoms in total. The van der Waals surface area contributed by atoms with Crippen LogP contribution in [0.4, 0.5) is 20.2 Å². The van der Waals surface area contributed by atoms with E-state index in [2.05, 4.69) is 37.2 Å². The molecule has 0 fully saturated rings. The van der Waals surface area contributed by atoms with Crippen molar-refractivity contribution in [3.8, 4) is 0 Å². The topological polar surface area (TPSA) is 55.2 Å². The van der Waals surface area contributed by atoms with Crippen LogP contribution >= 0.6 is 31.9 Å². The molecule has 0 aliphatic carbocycles. The first kappa shape index (κ1) is 15.8. The van der Waals surface area contributed by atoms with Crippen LogP contribution in [0.3, 0.4) is 0 Å². The first-order chi connectivity index (χ1) is 9.88. The van der Waals surface area contributed by atoms with Crippen molar-refractivity contribution in [2.75, 3.05) is 5.32 Å². The average molecular weight is 422 g/mol. The number of nitrogens with one attached hydrogen (secondary N) is 1. The fourth-order valence-electron chi connectivity index (χ4n) is 1.75. The monoisotopic (exact) mass is 420 g/mol. The van der Waals surface area contributed by atoms with E-state index in [1.807, 2.05) is 0 Å². The lowest BCUT2D eigenvalue weighted by Gasteiger charge is -2.10. The second-order valence-electron chi connectivity index (χ2n) is 4.13. The number of nitro groups is 1. The molecule has 0 aliphatic heterocycles. The summed E-state index contributed by atoms with van der Waals surface area (Å²) in [6.07, 6.45) is 0. The van der Waals surface area contributed by atoms with Crippen LogP contribution in [0.25, 0.3) is 0 Å². The molecule has 2 rings (SSSR count). The van der Waals surface area contributed by atoms with Crippen molar-refractivity contribution in [2.45, 2.75) is 6.54 Å². The summed E-state index contributed by atoms with van der Waals surface area (Å²) in [5.41, 5.74) is 0.350. The Kier molecular flexibility index (Phi) is 4.89. The van der Waals surface area contributed by atoms with Gasteiger partial charge in [0.1, 0.15) is 11.6 Å². The third kappa shape index (κ3) is 3.76. The van der Waals surface area contributed by atoms with Gasteiger partial charge >= 0.3 is 0 Å². The maximum Gasteiger partial charge on any atom is 0.275 e. The lowest BCUT2D eigenvalue weighted by molar-refractivity contribution is -0.385. The molecule has 21 heavy (non-hydrogen) atoms. The molecular formula is C13H8Br2F2N2O2. The van der Waals surface area contributed by atoms with Gasteiger partial charge in [-0.25, -0.2) is 8.78 Å². The lowest BCUT2D eigenvalue weighted by atomic mass is 10.1. The number of nitrogens with zero attached hydrogens (tertiary/aromatic N) is 1. The van der Waals surface area contributed by atoms with Gasteiger partial charge in [0, 0.05) is 33.2 Å². The molecule has 1 N–H and O–H groups in total. The summed E-state index contributed by atoms with van der Waals surface area (Å²) < 4.78 is 27.4. The first-order valence-corrected chi connectivity index (χ1v) is 7.28. The second-order valence-corrected chi connectivity index (χ2v) is 5.90. The molecule has 2 aromatic rings. The Balaban J connectivity index is 2.27. The van der Waals surface area contributed by atoms with E-state index in [0.29, 0.717) is 10.0 Å². The number of benzene rings is 2. The Morgan fingerprint density at radius 1 is 1.19 bits per heavy atom. The zero-order chi connectivity index (χ0) is 15.6. The van der Waals surface area contributed by atoms with Crippen LogP contribution in [0, 0.1) is 21.7 Å². The van der Waals surface area contributed by atoms with Gasteiger partial charge in [-0.1, -0.05) is 15.9 Å². The van der Waals surface area contributed by atoms with Gasteiger partial charge in [-0.3, -0.25) is 10.1 Å². The molecule has 8 heteroatoms. The number of rotatable bonds is 4. The Labute approximate surface area is 135 Å². The van der Waals surface area contributed by atoms with Crippen LogP contribution in [-0.4, -0.2) is 4.92 Å². The molecule has 2 aromatic carbocycles. The molecule has 0 unspecified atom stereocenters. The summed E-state index contributed by atoms with van der Waals surface area (Å²) in [5, 5.41) is 13.7. The quantitative estimate of drug-likeness (QED) is 0.557. The smallest absolute Gasteiger partial charge is 0.275 e. The maximum atomic E-state index is 13.7. The van der Waals surface area contributed by atoms with E-state index in [-0.39, 0.29) is 22.4 Å². The Hall–Kier alpha value is -1.54. The van der Waals surface area contributed by atoms with E-state index in [0.717, 1.165) is 12.1 Å². The normalized spacial score (nSPS) is 10.5. The molecule has 0 radical (unpaired) electrons. The summed E-state index contributed by atoms with van der Waals surface area (Å²) in [6.45, 7) is 0.0325. The summed E-state index contributed by atoms with van der Waals surface area (Å²) >= 11 is 6.20. The van der Waals surface area contributed by atoms with Crippen molar-refractivity contribution >= 4 is 43.2 Å². The largest absolute Gasteiger partial charge is 0.377 e. The van der Waals surface area contributed by atoms with Gasteiger partial charge in [-0.15, -0.1) is 0 Å². The van der Waals surface area contributed by atoms with Crippen molar-refractivity contribution in [3.05, 3.63) is 66.6 Å². The average Bonchev–Trinajstić information content (AvgIpc) is 2.38. The first-order valence-electron chi connectivity index (χ1n) is 5.69. The third-order valence-electron chi connectivity index (χ3n) is 2.71. The number of nitro benzene ring substituents is 1. The van der Waals surface area contributed by atoms with Gasteiger partial charge in [-0.05, 0) is 34.1 Å². The van der Waals surface area contributed by atoms with Crippen molar-refractivity contribution in [1.82, 2.24) is 0 Å². The molecule has 0 aliphatic rings. The van der Waals surface area contributed by atoms with Crippen molar-refractivity contribution in [2.24, 2.45) is 0 Å². The molecule has 0 saturated carbocycles. The standard InChI is InChI=1S/C13H8Br2F2N2O2/c14-8-2-1-7(12(3-8)19(20)21)6-18-13-10(15)4-9(16)5-11(13)17/h1-5,18H,6H2. The SMILES string of the molecule is O=[N+]([O-])c1cc(Br)ccc1CNc1c(F)cc(F)cc1Br. The molecule has 0 heterocycles. The van der Waals surface area contributed by atoms with Gasteiger partial charge in [-0.2, -0.15) is 0 Å². The lowest BCUT2D eigenvalue weighted by Crippen LogP contribution is -2.05. The summed E-state index contributed by atoms with van der Waals surface area (Å²) in [7, 11) is 0. The Bertz CT molecular complexity index is 688. The highest BCUT2D eigenvalue weighted by molar-refractivity contribution is 9.10. The highest BCUT2D eigenvalue weighted by atomic mass is 79.9. The van der Waals surface area contributed by atoms with E-state index in [1.165, 1.54) is 6.07 Å². The molecule has 0 atom stereocenters. The number of anilines is 1. The minimum atomic E-state index is -0.776. The summed E-state index contributed by atoms with van der Waals surface area (Å²) in [6, 6.07) is 6.43. The van der Waals surface area contributed by atoms with E-state index >= 15 is 0 Å². The van der Waals surface area contributed by atoms with Crippen LogP contribution in [0.15, 0.2) is 39.3 Å². The van der Waals surface area contributed by atoms with Gasteiger partial charge < -0.3 is 5.32 Å². The number of hydrogen-bond acceptors (Lipinski definition) is 3. The van der Waals surface area contributed by atoms with Gasteiger partial charge in [0.15, 0.2) is 0 Å². The molecular weight excluding hydrogens is 414 g/mol. The summed E-state index contributed by atoms with van der Waals surface area (Å²) in [5.74, 6) is -1.49. The van der Waals surface area contributed by atoms with Crippen molar-refractivity contribution in [1.29, 1.82) is 0 Å². The Morgan fingerprint density at radius 2 is 1.90 bits per heavy atom. The van der Waals surface area contributed by atoms with Gasteiger partial charge in [0.25, 0.3) is 5.69 Å². The molecule has 0 bridgehead atoms. The zero-order valence-corrected chi connectivity index (χ0v) is 13.5. The highest BCUT2D eigenvalue weighted by Crippen LogP contribution is 2.29. The molecule has 0 spiro atoms. The van der Waals surface area contributed by atoms with Crippen LogP contribution in [0.2, 0.25) is 0 Å². The van der Waals surface area contributed by atoms with Gasteiger partial charge in [0.05, 0.1) is 10.6 Å². The molecule has 0 amide bonds. The zero-order valence-electron chi connectivity index (χ0n) is 10.4. The second kappa shape index (κ2) is 6.48. The fourth-order valence-corrected chi connectivity index (χ4v) is 2.65. The van der Waals surface area contributed by atoms with Crippen molar-refractivity contribution < 1.29 is 13.7 Å². The van der Waals surface area contributed by atoms with Gasteiger partial charge in [0.2, 0.25) is 0 Å². The van der Waals surface area contributed by atoms with Crippen LogP contribution in [-0.2, 0) is 6.54 Å². The third-order valence-corrected chi connectivity index (χ3v) is 3.83. The van der Waals surface area contributed by atoms with Crippen LogP contribution in [0.1, 0.15) is 5.56 Å². The fraction of sp³-hybridized carbons (Fsp3) is 0.0769. The Morgan fingerprint density at radius 3 is 2.52 bits per heavy atom. The van der Waals surface area contributed by atoms with E-state index < -0.39 is 16.6 Å². The predicted molar refractivity (Wildman–Crippen MR) is 82.2 cm³/mol. The summed E-state index contributed by atoms with van der Waals surface area (Å²) in [4.78, 5) is 10.5. The van der Waals surface area contributed by atoms with Crippen LogP contribution < -0.4 is 5.32 Å². The van der Waals surface area contributed by atoms with E-state index in [1.54, 1.807) is 12.1 Å². The van der Waals surface area contributed by atoms with Crippen LogP contribution in [0.5, 0.6) is 0 Å². The molecule has 0 aromatic heterocycles. The molecule has 110 valence electrons. The number of halogens is 4. The highest BCUT2D eigenvalue weighted by Gasteiger charge is 2.15. The maximum absolute atomic E-state index is 13.7. The minimum absolute atomic E-state index is 0.0325. The van der Waals surface area contributed by atoms with E-state index in [9.17, 15) is 18.9 Å².